The van der Waals surface area contributed by atoms with E-state index in [0.29, 0.717) is 10.9 Å². The Kier molecular flexibility index (Phi) is 2.99. The third kappa shape index (κ3) is 1.79. The molecule has 0 aromatic carbocycles. The number of carbonyl (C=O) groups is 1. The molecule has 94 valence electrons. The highest BCUT2D eigenvalue weighted by molar-refractivity contribution is 7.99. The van der Waals surface area contributed by atoms with Gasteiger partial charge in [-0.05, 0) is 30.7 Å². The summed E-state index contributed by atoms with van der Waals surface area (Å²) in [6, 6.07) is 5.60. The quantitative estimate of drug-likeness (QED) is 0.780. The molecule has 3 rings (SSSR count). The zero-order chi connectivity index (χ0) is 12.5. The van der Waals surface area contributed by atoms with Gasteiger partial charge in [0.2, 0.25) is 0 Å². The average molecular weight is 262 g/mol. The van der Waals surface area contributed by atoms with Crippen molar-refractivity contribution in [1.82, 2.24) is 9.38 Å². The van der Waals surface area contributed by atoms with Gasteiger partial charge in [0.05, 0.1) is 24.1 Å². The number of pyridine rings is 1. The summed E-state index contributed by atoms with van der Waals surface area (Å²) in [5.41, 5.74) is 1.50. The van der Waals surface area contributed by atoms with Crippen LogP contribution in [0.4, 0.5) is 0 Å². The first-order valence-corrected chi connectivity index (χ1v) is 7.02. The van der Waals surface area contributed by atoms with Crippen molar-refractivity contribution in [2.45, 2.75) is 18.1 Å². The van der Waals surface area contributed by atoms with Crippen molar-refractivity contribution in [3.05, 3.63) is 35.9 Å². The van der Waals surface area contributed by atoms with Crippen molar-refractivity contribution in [2.24, 2.45) is 0 Å². The molecule has 0 radical (unpaired) electrons. The van der Waals surface area contributed by atoms with E-state index in [0.717, 1.165) is 17.8 Å². The van der Waals surface area contributed by atoms with Gasteiger partial charge in [0.1, 0.15) is 11.5 Å². The number of esters is 1. The molecule has 2 aromatic heterocycles. The van der Waals surface area contributed by atoms with Crippen LogP contribution in [0.15, 0.2) is 24.4 Å². The molecule has 5 heteroatoms. The van der Waals surface area contributed by atoms with Crippen molar-refractivity contribution in [3.63, 3.8) is 0 Å². The molecule has 0 N–H and O–H groups in total. The molecule has 2 aromatic rings. The Morgan fingerprint density at radius 3 is 3.17 bits per heavy atom. The lowest BCUT2D eigenvalue weighted by molar-refractivity contribution is 0.0592. The van der Waals surface area contributed by atoms with Gasteiger partial charge < -0.3 is 4.74 Å². The smallest absolute Gasteiger partial charge is 0.355 e. The highest BCUT2D eigenvalue weighted by Gasteiger charge is 2.24. The van der Waals surface area contributed by atoms with Crippen LogP contribution in [0, 0.1) is 0 Å². The largest absolute Gasteiger partial charge is 0.464 e. The van der Waals surface area contributed by atoms with Gasteiger partial charge in [0.25, 0.3) is 0 Å². The molecule has 0 bridgehead atoms. The number of hydrogen-bond acceptors (Lipinski definition) is 4. The second kappa shape index (κ2) is 4.65. The summed E-state index contributed by atoms with van der Waals surface area (Å²) in [6.45, 7) is 0. The van der Waals surface area contributed by atoms with Gasteiger partial charge in [-0.1, -0.05) is 6.07 Å². The fourth-order valence-corrected chi connectivity index (χ4v) is 3.61. The molecule has 4 nitrogen and oxygen atoms in total. The summed E-state index contributed by atoms with van der Waals surface area (Å²) in [5.74, 6) is 1.82. The Labute approximate surface area is 109 Å². The molecule has 0 amide bonds. The molecule has 1 saturated heterocycles. The fraction of sp³-hybridized carbons (Fsp3) is 0.385. The van der Waals surface area contributed by atoms with E-state index in [-0.39, 0.29) is 5.97 Å². The maximum absolute atomic E-state index is 11.8. The summed E-state index contributed by atoms with van der Waals surface area (Å²) in [6.07, 6.45) is 4.16. The van der Waals surface area contributed by atoms with Crippen molar-refractivity contribution in [1.29, 1.82) is 0 Å². The first-order valence-electron chi connectivity index (χ1n) is 5.97. The maximum Gasteiger partial charge on any atom is 0.355 e. The molecule has 0 aliphatic carbocycles. The number of hydrogen-bond donors (Lipinski definition) is 0. The van der Waals surface area contributed by atoms with Crippen LogP contribution in [-0.4, -0.2) is 28.2 Å². The summed E-state index contributed by atoms with van der Waals surface area (Å²) in [4.78, 5) is 16.3. The zero-order valence-electron chi connectivity index (χ0n) is 10.1. The van der Waals surface area contributed by atoms with Gasteiger partial charge in [-0.25, -0.2) is 9.78 Å². The third-order valence-electron chi connectivity index (χ3n) is 3.19. The van der Waals surface area contributed by atoms with Gasteiger partial charge in [-0.2, -0.15) is 11.8 Å². The number of ether oxygens (including phenoxy) is 1. The Balaban J connectivity index is 2.17. The molecule has 1 aliphatic heterocycles. The average Bonchev–Trinajstić information content (AvgIpc) is 3.05. The Bertz CT molecular complexity index is 588. The van der Waals surface area contributed by atoms with Crippen molar-refractivity contribution in [2.75, 3.05) is 12.9 Å². The van der Waals surface area contributed by atoms with Gasteiger partial charge in [0, 0.05) is 0 Å². The minimum Gasteiger partial charge on any atom is -0.464 e. The summed E-state index contributed by atoms with van der Waals surface area (Å²) in [5, 5.41) is 0.387. The van der Waals surface area contributed by atoms with Crippen molar-refractivity contribution >= 4 is 23.2 Å². The molecule has 0 saturated carbocycles. The second-order valence-corrected chi connectivity index (χ2v) is 5.59. The van der Waals surface area contributed by atoms with E-state index < -0.39 is 0 Å². The zero-order valence-corrected chi connectivity index (χ0v) is 10.9. The van der Waals surface area contributed by atoms with Crippen LogP contribution in [-0.2, 0) is 4.74 Å². The minimum atomic E-state index is -0.317. The first-order chi connectivity index (χ1) is 8.81. The predicted molar refractivity (Wildman–Crippen MR) is 71.0 cm³/mol. The molecule has 1 aliphatic rings. The number of nitrogens with zero attached hydrogens (tertiary/aromatic N) is 2. The van der Waals surface area contributed by atoms with E-state index in [4.69, 9.17) is 4.74 Å². The summed E-state index contributed by atoms with van der Waals surface area (Å²) >= 11 is 1.91. The van der Waals surface area contributed by atoms with E-state index in [9.17, 15) is 4.79 Å². The van der Waals surface area contributed by atoms with Gasteiger partial charge in [-0.15, -0.1) is 0 Å². The fourth-order valence-electron chi connectivity index (χ4n) is 2.34. The first kappa shape index (κ1) is 11.6. The lowest BCUT2D eigenvalue weighted by atomic mass is 10.2. The molecule has 3 heterocycles. The predicted octanol–water partition coefficient (Wildman–Crippen LogP) is 2.69. The number of thioether (sulfide) groups is 1. The van der Waals surface area contributed by atoms with Crippen molar-refractivity contribution < 1.29 is 9.53 Å². The van der Waals surface area contributed by atoms with E-state index >= 15 is 0 Å². The number of rotatable bonds is 2. The van der Waals surface area contributed by atoms with Crippen LogP contribution >= 0.6 is 11.8 Å². The Morgan fingerprint density at radius 2 is 2.44 bits per heavy atom. The lowest BCUT2D eigenvalue weighted by Gasteiger charge is -2.10. The number of carbonyl (C=O) groups excluding carboxylic acids is 1. The molecule has 1 atom stereocenters. The number of methoxy groups -OCH3 is 1. The van der Waals surface area contributed by atoms with Crippen LogP contribution in [0.5, 0.6) is 0 Å². The lowest BCUT2D eigenvalue weighted by Crippen LogP contribution is -2.10. The number of fused-ring (bicyclic) bond motifs is 1. The van der Waals surface area contributed by atoms with E-state index in [1.807, 2.05) is 34.5 Å². The SMILES string of the molecule is COC(=O)c1cccc2cnc(C3CCCS3)n12. The summed E-state index contributed by atoms with van der Waals surface area (Å²) in [7, 11) is 1.40. The van der Waals surface area contributed by atoms with Gasteiger partial charge in [-0.3, -0.25) is 4.40 Å². The Morgan fingerprint density at radius 1 is 1.56 bits per heavy atom. The standard InChI is InChI=1S/C13H14N2O2S/c1-17-13(16)10-5-2-4-9-8-14-12(15(9)10)11-6-3-7-18-11/h2,4-5,8,11H,3,6-7H2,1H3. The topological polar surface area (TPSA) is 43.6 Å². The van der Waals surface area contributed by atoms with Crippen molar-refractivity contribution in [3.8, 4) is 0 Å². The molecular weight excluding hydrogens is 248 g/mol. The van der Waals surface area contributed by atoms with E-state index in [2.05, 4.69) is 4.98 Å². The van der Waals surface area contributed by atoms with Crippen LogP contribution < -0.4 is 0 Å². The Hall–Kier alpha value is -1.49. The van der Waals surface area contributed by atoms with Crippen LogP contribution in [0.3, 0.4) is 0 Å². The molecule has 18 heavy (non-hydrogen) atoms. The van der Waals surface area contributed by atoms with Gasteiger partial charge >= 0.3 is 5.97 Å². The van der Waals surface area contributed by atoms with Gasteiger partial charge in [0.15, 0.2) is 0 Å². The van der Waals surface area contributed by atoms with Crippen LogP contribution in [0.2, 0.25) is 0 Å². The van der Waals surface area contributed by atoms with E-state index in [1.165, 1.54) is 19.3 Å². The molecule has 1 fully saturated rings. The highest BCUT2D eigenvalue weighted by atomic mass is 32.2. The summed E-state index contributed by atoms with van der Waals surface area (Å²) < 4.78 is 6.76. The minimum absolute atomic E-state index is 0.317. The second-order valence-electron chi connectivity index (χ2n) is 4.28. The molecule has 1 unspecified atom stereocenters. The van der Waals surface area contributed by atoms with Crippen LogP contribution in [0.1, 0.15) is 34.4 Å². The monoisotopic (exact) mass is 262 g/mol. The molecular formula is C13H14N2O2S. The molecule has 0 spiro atoms. The van der Waals surface area contributed by atoms with Crippen LogP contribution in [0.25, 0.3) is 5.52 Å². The highest BCUT2D eigenvalue weighted by Crippen LogP contribution is 2.39. The maximum atomic E-state index is 11.8. The third-order valence-corrected chi connectivity index (χ3v) is 4.56. The number of imidazole rings is 1. The normalized spacial score (nSPS) is 19.3. The van der Waals surface area contributed by atoms with E-state index in [1.54, 1.807) is 6.07 Å². The number of aromatic nitrogens is 2.